The van der Waals surface area contributed by atoms with Gasteiger partial charge < -0.3 is 11.1 Å². The first kappa shape index (κ1) is 17.2. The number of primary sulfonamides is 1. The van der Waals surface area contributed by atoms with Crippen LogP contribution >= 0.6 is 0 Å². The van der Waals surface area contributed by atoms with E-state index >= 15 is 0 Å². The number of nitrogen functional groups attached to an aromatic ring is 1. The van der Waals surface area contributed by atoms with Crippen LogP contribution in [0.1, 0.15) is 0 Å². The van der Waals surface area contributed by atoms with Crippen LogP contribution < -0.4 is 16.2 Å². The molecular formula is C13H14FN3O4S2. The third kappa shape index (κ3) is 3.78. The molecule has 0 saturated heterocycles. The van der Waals surface area contributed by atoms with Crippen LogP contribution in [0.15, 0.2) is 46.2 Å². The number of nitrogens with two attached hydrogens (primary N) is 2. The summed E-state index contributed by atoms with van der Waals surface area (Å²) >= 11 is 0. The molecule has 0 bridgehead atoms. The maximum absolute atomic E-state index is 12.9. The van der Waals surface area contributed by atoms with Gasteiger partial charge >= 0.3 is 0 Å². The molecule has 23 heavy (non-hydrogen) atoms. The first-order valence-corrected chi connectivity index (χ1v) is 9.62. The summed E-state index contributed by atoms with van der Waals surface area (Å²) in [6.07, 6.45) is 0.953. The van der Waals surface area contributed by atoms with Gasteiger partial charge in [-0.15, -0.1) is 0 Å². The molecule has 0 heterocycles. The zero-order valence-electron chi connectivity index (χ0n) is 11.9. The Morgan fingerprint density at radius 1 is 0.957 bits per heavy atom. The molecule has 0 aliphatic rings. The van der Waals surface area contributed by atoms with Crippen LogP contribution in [0, 0.1) is 5.82 Å². The van der Waals surface area contributed by atoms with Gasteiger partial charge in [0.1, 0.15) is 10.7 Å². The second-order valence-electron chi connectivity index (χ2n) is 4.80. The summed E-state index contributed by atoms with van der Waals surface area (Å²) in [7, 11) is -7.84. The van der Waals surface area contributed by atoms with Crippen molar-refractivity contribution in [2.24, 2.45) is 5.14 Å². The van der Waals surface area contributed by atoms with Crippen molar-refractivity contribution in [2.75, 3.05) is 17.3 Å². The predicted molar refractivity (Wildman–Crippen MR) is 85.0 cm³/mol. The predicted octanol–water partition coefficient (Wildman–Crippen LogP) is 1.20. The monoisotopic (exact) mass is 359 g/mol. The average molecular weight is 359 g/mol. The number of halogens is 1. The largest absolute Gasteiger partial charge is 0.396 e. The lowest BCUT2D eigenvalue weighted by Gasteiger charge is -2.16. The van der Waals surface area contributed by atoms with Gasteiger partial charge in [-0.1, -0.05) is 0 Å². The Morgan fingerprint density at radius 3 is 1.96 bits per heavy atom. The van der Waals surface area contributed by atoms with E-state index in [1.54, 1.807) is 0 Å². The minimum absolute atomic E-state index is 0.134. The lowest BCUT2D eigenvalue weighted by atomic mass is 10.2. The highest BCUT2D eigenvalue weighted by Crippen LogP contribution is 2.35. The van der Waals surface area contributed by atoms with E-state index in [2.05, 4.69) is 5.32 Å². The molecule has 0 fully saturated rings. The second-order valence-corrected chi connectivity index (χ2v) is 8.31. The number of sulfone groups is 1. The molecular weight excluding hydrogens is 345 g/mol. The topological polar surface area (TPSA) is 132 Å². The molecule has 0 atom stereocenters. The molecule has 0 unspecified atom stereocenters. The molecule has 0 aromatic heterocycles. The maximum Gasteiger partial charge on any atom is 0.240 e. The molecule has 10 heteroatoms. The number of hydrogen-bond donors (Lipinski definition) is 3. The molecule has 2 aromatic rings. The number of nitrogens with one attached hydrogen (secondary N) is 1. The molecule has 2 aromatic carbocycles. The van der Waals surface area contributed by atoms with Crippen molar-refractivity contribution in [1.82, 2.24) is 0 Å². The first-order chi connectivity index (χ1) is 10.5. The zero-order chi connectivity index (χ0) is 17.4. The van der Waals surface area contributed by atoms with Crippen molar-refractivity contribution >= 4 is 36.9 Å². The van der Waals surface area contributed by atoms with Gasteiger partial charge in [0.05, 0.1) is 16.3 Å². The van der Waals surface area contributed by atoms with Crippen molar-refractivity contribution in [3.8, 4) is 0 Å². The zero-order valence-corrected chi connectivity index (χ0v) is 13.6. The van der Waals surface area contributed by atoms with E-state index < -0.39 is 30.6 Å². The maximum atomic E-state index is 12.9. The van der Waals surface area contributed by atoms with Gasteiger partial charge in [-0.3, -0.25) is 0 Å². The quantitative estimate of drug-likeness (QED) is 0.703. The van der Waals surface area contributed by atoms with E-state index in [-0.39, 0.29) is 16.3 Å². The van der Waals surface area contributed by atoms with Gasteiger partial charge in [0.2, 0.25) is 10.0 Å². The second kappa shape index (κ2) is 5.80. The standard InChI is InChI=1S/C13H14FN3O4S2/c1-22(18,19)11-7-6-10(23(16,20)21)12(15)13(11)17-9-4-2-8(14)3-5-9/h2-7,17H,15H2,1H3,(H2,16,20,21). The molecule has 0 amide bonds. The van der Waals surface area contributed by atoms with Crippen LogP contribution in [-0.2, 0) is 19.9 Å². The Balaban J connectivity index is 2.69. The highest BCUT2D eigenvalue weighted by Gasteiger charge is 2.22. The fourth-order valence-corrected chi connectivity index (χ4v) is 3.46. The van der Waals surface area contributed by atoms with Crippen molar-refractivity contribution in [3.63, 3.8) is 0 Å². The lowest BCUT2D eigenvalue weighted by Crippen LogP contribution is -2.16. The van der Waals surface area contributed by atoms with E-state index in [0.29, 0.717) is 5.69 Å². The highest BCUT2D eigenvalue weighted by atomic mass is 32.2. The van der Waals surface area contributed by atoms with Crippen LogP contribution in [0.3, 0.4) is 0 Å². The fraction of sp³-hybridized carbons (Fsp3) is 0.0769. The fourth-order valence-electron chi connectivity index (χ4n) is 1.94. The third-order valence-corrected chi connectivity index (χ3v) is 5.10. The van der Waals surface area contributed by atoms with Gasteiger partial charge in [0.15, 0.2) is 9.84 Å². The Hall–Kier alpha value is -2.17. The van der Waals surface area contributed by atoms with Crippen molar-refractivity contribution in [1.29, 1.82) is 0 Å². The van der Waals surface area contributed by atoms with Crippen molar-refractivity contribution in [3.05, 3.63) is 42.2 Å². The smallest absolute Gasteiger partial charge is 0.240 e. The van der Waals surface area contributed by atoms with E-state index in [9.17, 15) is 21.2 Å². The summed E-state index contributed by atoms with van der Waals surface area (Å²) in [5.74, 6) is -0.481. The van der Waals surface area contributed by atoms with Gasteiger partial charge in [0.25, 0.3) is 0 Å². The van der Waals surface area contributed by atoms with Gasteiger partial charge in [-0.2, -0.15) is 0 Å². The Kier molecular flexibility index (Phi) is 4.33. The number of benzene rings is 2. The number of sulfonamides is 1. The normalized spacial score (nSPS) is 12.1. The molecule has 0 radical (unpaired) electrons. The highest BCUT2D eigenvalue weighted by molar-refractivity contribution is 7.91. The molecule has 2 rings (SSSR count). The first-order valence-electron chi connectivity index (χ1n) is 6.18. The summed E-state index contributed by atoms with van der Waals surface area (Å²) in [5.41, 5.74) is 5.65. The average Bonchev–Trinajstić information content (AvgIpc) is 2.40. The Labute approximate surface area is 133 Å². The molecule has 0 aliphatic heterocycles. The van der Waals surface area contributed by atoms with E-state index in [1.807, 2.05) is 0 Å². The molecule has 0 saturated carbocycles. The number of hydrogen-bond acceptors (Lipinski definition) is 6. The van der Waals surface area contributed by atoms with Crippen molar-refractivity contribution in [2.45, 2.75) is 9.79 Å². The molecule has 124 valence electrons. The van der Waals surface area contributed by atoms with Crippen LogP contribution in [0.5, 0.6) is 0 Å². The number of rotatable bonds is 4. The summed E-state index contributed by atoms with van der Waals surface area (Å²) < 4.78 is 59.8. The van der Waals surface area contributed by atoms with Gasteiger partial charge in [-0.25, -0.2) is 26.4 Å². The van der Waals surface area contributed by atoms with Gasteiger partial charge in [-0.05, 0) is 36.4 Å². The third-order valence-electron chi connectivity index (χ3n) is 2.99. The van der Waals surface area contributed by atoms with Crippen LogP contribution in [0.25, 0.3) is 0 Å². The van der Waals surface area contributed by atoms with Gasteiger partial charge in [0, 0.05) is 11.9 Å². The van der Waals surface area contributed by atoms with Crippen LogP contribution in [-0.4, -0.2) is 23.1 Å². The number of anilines is 3. The van der Waals surface area contributed by atoms with E-state index in [1.165, 1.54) is 12.1 Å². The van der Waals surface area contributed by atoms with E-state index in [0.717, 1.165) is 30.5 Å². The molecule has 5 N–H and O–H groups in total. The Morgan fingerprint density at radius 2 is 1.48 bits per heavy atom. The molecule has 0 spiro atoms. The van der Waals surface area contributed by atoms with E-state index in [4.69, 9.17) is 10.9 Å². The summed E-state index contributed by atoms with van der Waals surface area (Å²) in [6, 6.07) is 7.13. The van der Waals surface area contributed by atoms with Crippen LogP contribution in [0.4, 0.5) is 21.5 Å². The summed E-state index contributed by atoms with van der Waals surface area (Å²) in [6.45, 7) is 0. The summed E-state index contributed by atoms with van der Waals surface area (Å²) in [5, 5.41) is 7.76. The minimum atomic E-state index is -4.14. The minimum Gasteiger partial charge on any atom is -0.396 e. The van der Waals surface area contributed by atoms with Crippen LogP contribution in [0.2, 0.25) is 0 Å². The summed E-state index contributed by atoms with van der Waals surface area (Å²) in [4.78, 5) is -0.610. The lowest BCUT2D eigenvalue weighted by molar-refractivity contribution is 0.596. The molecule has 0 aliphatic carbocycles. The SMILES string of the molecule is CS(=O)(=O)c1ccc(S(N)(=O)=O)c(N)c1Nc1ccc(F)cc1. The van der Waals surface area contributed by atoms with Crippen molar-refractivity contribution < 1.29 is 21.2 Å². The Bertz CT molecular complexity index is 955. The molecule has 7 nitrogen and oxygen atoms in total.